The molecule has 1 aliphatic carbocycles. The molecule has 37 heavy (non-hydrogen) atoms. The summed E-state index contributed by atoms with van der Waals surface area (Å²) in [6.07, 6.45) is 5.99. The molecule has 9 heteroatoms. The van der Waals surface area contributed by atoms with Crippen LogP contribution in [0.25, 0.3) is 16.7 Å². The maximum absolute atomic E-state index is 13.4. The molecular formula is C28H36BrN4O4-. The average Bonchev–Trinajstić information content (AvgIpc) is 3.33. The zero-order chi connectivity index (χ0) is 26.9. The Balaban J connectivity index is 1.41. The molecule has 2 heterocycles. The van der Waals surface area contributed by atoms with Crippen molar-refractivity contribution in [2.45, 2.75) is 83.0 Å². The van der Waals surface area contributed by atoms with Gasteiger partial charge in [0.25, 0.3) is 0 Å². The van der Waals surface area contributed by atoms with Crippen LogP contribution in [0.5, 0.6) is 0 Å². The van der Waals surface area contributed by atoms with E-state index in [0.29, 0.717) is 18.5 Å². The Hall–Kier alpha value is -2.81. The number of halogens is 1. The Labute approximate surface area is 227 Å². The van der Waals surface area contributed by atoms with Gasteiger partial charge in [0.2, 0.25) is 5.91 Å². The Bertz CT molecular complexity index is 1190. The molecule has 1 saturated heterocycles. The lowest BCUT2D eigenvalue weighted by Gasteiger charge is -2.38. The smallest absolute Gasteiger partial charge is 0.410 e. The highest BCUT2D eigenvalue weighted by atomic mass is 79.9. The van der Waals surface area contributed by atoms with Crippen LogP contribution in [0.3, 0.4) is 0 Å². The summed E-state index contributed by atoms with van der Waals surface area (Å²) < 4.78 is 6.45. The molecule has 0 bridgehead atoms. The first-order valence-corrected chi connectivity index (χ1v) is 13.7. The van der Waals surface area contributed by atoms with Crippen LogP contribution in [0.1, 0.15) is 64.9 Å². The zero-order valence-electron chi connectivity index (χ0n) is 22.1. The Morgan fingerprint density at radius 2 is 1.92 bits per heavy atom. The highest BCUT2D eigenvalue weighted by Crippen LogP contribution is 2.34. The predicted octanol–water partition coefficient (Wildman–Crippen LogP) is 4.91. The molecule has 0 radical (unpaired) electrons. The summed E-state index contributed by atoms with van der Waals surface area (Å²) in [6.45, 7) is 9.65. The number of fused-ring (bicyclic) bond motifs is 1. The number of likely N-dealkylation sites (N-methyl/N-ethyl adjacent to an activating group) is 1. The Morgan fingerprint density at radius 1 is 1.22 bits per heavy atom. The second kappa shape index (κ2) is 10.9. The standard InChI is InChI=1S/C28H37BrN4O4/c1-17(34)22-16-30-23-13-8-18(29)15-21(23)25(22)31-19-9-11-20(12-10-19)32(5)26(35)24-7-6-14-33(24)27(36)37-28(2,3)4/h8,13,15-16,19-20,24,34H,1,6-7,9-12,14H2,2-5H3,(H,30,31)/p-1/t19?,20?,24-/m0/s1. The van der Waals surface area contributed by atoms with Crippen LogP contribution >= 0.6 is 15.9 Å². The topological polar surface area (TPSA) is 97.8 Å². The number of hydrogen-bond acceptors (Lipinski definition) is 6. The number of likely N-dealkylation sites (tertiary alicyclic amines) is 1. The number of pyridine rings is 1. The van der Waals surface area contributed by atoms with Crippen LogP contribution in [0.15, 0.2) is 35.4 Å². The molecular weight excluding hydrogens is 536 g/mol. The van der Waals surface area contributed by atoms with E-state index in [2.05, 4.69) is 32.8 Å². The lowest BCUT2D eigenvalue weighted by molar-refractivity contribution is -0.243. The number of amides is 2. The largest absolute Gasteiger partial charge is 0.872 e. The van der Waals surface area contributed by atoms with E-state index in [-0.39, 0.29) is 23.8 Å². The number of anilines is 1. The zero-order valence-corrected chi connectivity index (χ0v) is 23.6. The summed E-state index contributed by atoms with van der Waals surface area (Å²) in [5.41, 5.74) is 1.45. The molecule has 1 N–H and O–H groups in total. The van der Waals surface area contributed by atoms with Gasteiger partial charge in [-0.1, -0.05) is 15.9 Å². The number of rotatable bonds is 5. The average molecular weight is 573 g/mol. The summed E-state index contributed by atoms with van der Waals surface area (Å²) in [6, 6.07) is 5.60. The number of carbonyl (C=O) groups is 2. The van der Waals surface area contributed by atoms with Gasteiger partial charge in [-0.25, -0.2) is 4.79 Å². The Kier molecular flexibility index (Phi) is 8.02. The highest BCUT2D eigenvalue weighted by Gasteiger charge is 2.39. The molecule has 1 atom stereocenters. The number of benzene rings is 1. The molecule has 2 amide bonds. The molecule has 0 spiro atoms. The van der Waals surface area contributed by atoms with Crippen molar-refractivity contribution >= 4 is 50.3 Å². The highest BCUT2D eigenvalue weighted by molar-refractivity contribution is 9.10. The quantitative estimate of drug-likeness (QED) is 0.512. The molecule has 2 aliphatic rings. The summed E-state index contributed by atoms with van der Waals surface area (Å²) in [4.78, 5) is 33.9. The van der Waals surface area contributed by atoms with Crippen molar-refractivity contribution in [1.29, 1.82) is 0 Å². The van der Waals surface area contributed by atoms with Crippen molar-refractivity contribution in [2.75, 3.05) is 18.9 Å². The lowest BCUT2D eigenvalue weighted by atomic mass is 9.89. The van der Waals surface area contributed by atoms with Gasteiger partial charge in [0.05, 0.1) is 11.2 Å². The summed E-state index contributed by atoms with van der Waals surface area (Å²) in [5, 5.41) is 16.7. The minimum atomic E-state index is -0.598. The third-order valence-corrected chi connectivity index (χ3v) is 7.73. The van der Waals surface area contributed by atoms with Gasteiger partial charge in [0, 0.05) is 47.3 Å². The van der Waals surface area contributed by atoms with E-state index in [0.717, 1.165) is 53.2 Å². The predicted molar refractivity (Wildman–Crippen MR) is 147 cm³/mol. The van der Waals surface area contributed by atoms with E-state index < -0.39 is 17.7 Å². The van der Waals surface area contributed by atoms with Gasteiger partial charge in [0.1, 0.15) is 11.6 Å². The van der Waals surface area contributed by atoms with Gasteiger partial charge >= 0.3 is 6.09 Å². The van der Waals surface area contributed by atoms with E-state index >= 15 is 0 Å². The van der Waals surface area contributed by atoms with Crippen LogP contribution in [0.2, 0.25) is 0 Å². The second-order valence-electron chi connectivity index (χ2n) is 11.1. The first-order chi connectivity index (χ1) is 17.4. The van der Waals surface area contributed by atoms with E-state index in [1.54, 1.807) is 11.1 Å². The number of hydrogen-bond donors (Lipinski definition) is 1. The minimum absolute atomic E-state index is 0.0188. The van der Waals surface area contributed by atoms with Gasteiger partial charge in [-0.15, -0.1) is 12.3 Å². The normalized spacial score (nSPS) is 22.1. The fourth-order valence-electron chi connectivity index (χ4n) is 5.32. The van der Waals surface area contributed by atoms with Crippen molar-refractivity contribution in [3.05, 3.63) is 41.0 Å². The lowest BCUT2D eigenvalue weighted by Crippen LogP contribution is -2.51. The molecule has 200 valence electrons. The fraction of sp³-hybridized carbons (Fsp3) is 0.536. The monoisotopic (exact) mass is 571 g/mol. The Morgan fingerprint density at radius 3 is 2.57 bits per heavy atom. The number of aromatic nitrogens is 1. The first-order valence-electron chi connectivity index (χ1n) is 12.9. The summed E-state index contributed by atoms with van der Waals surface area (Å²) in [7, 11) is 1.85. The van der Waals surface area contributed by atoms with Crippen molar-refractivity contribution in [3.8, 4) is 0 Å². The molecule has 2 fully saturated rings. The van der Waals surface area contributed by atoms with Gasteiger partial charge in [-0.3, -0.25) is 14.7 Å². The molecule has 1 aromatic carbocycles. The van der Waals surface area contributed by atoms with E-state index in [1.807, 2.05) is 50.9 Å². The van der Waals surface area contributed by atoms with Gasteiger partial charge in [0.15, 0.2) is 0 Å². The van der Waals surface area contributed by atoms with E-state index in [9.17, 15) is 14.7 Å². The number of carbonyl (C=O) groups excluding carboxylic acids is 2. The van der Waals surface area contributed by atoms with Crippen LogP contribution < -0.4 is 10.4 Å². The maximum Gasteiger partial charge on any atom is 0.410 e. The third kappa shape index (κ3) is 6.20. The molecule has 2 aromatic rings. The van der Waals surface area contributed by atoms with Gasteiger partial charge in [-0.2, -0.15) is 0 Å². The summed E-state index contributed by atoms with van der Waals surface area (Å²) >= 11 is 3.52. The molecule has 1 aliphatic heterocycles. The molecule has 1 aromatic heterocycles. The number of nitrogens with zero attached hydrogens (tertiary/aromatic N) is 3. The van der Waals surface area contributed by atoms with Crippen LogP contribution in [-0.2, 0) is 9.53 Å². The fourth-order valence-corrected chi connectivity index (χ4v) is 5.68. The third-order valence-electron chi connectivity index (χ3n) is 7.24. The van der Waals surface area contributed by atoms with E-state index in [1.165, 1.54) is 0 Å². The van der Waals surface area contributed by atoms with Crippen LogP contribution in [0, 0.1) is 0 Å². The molecule has 4 rings (SSSR count). The van der Waals surface area contributed by atoms with Crippen molar-refractivity contribution < 1.29 is 19.4 Å². The van der Waals surface area contributed by atoms with Gasteiger partial charge in [-0.05, 0) is 77.5 Å². The minimum Gasteiger partial charge on any atom is -0.872 e. The summed E-state index contributed by atoms with van der Waals surface area (Å²) in [5.74, 6) is -0.295. The molecule has 0 unspecified atom stereocenters. The van der Waals surface area contributed by atoms with Crippen molar-refractivity contribution in [2.24, 2.45) is 0 Å². The second-order valence-corrected chi connectivity index (χ2v) is 12.0. The first kappa shape index (κ1) is 27.2. The number of nitrogens with one attached hydrogen (secondary N) is 1. The van der Waals surface area contributed by atoms with Crippen LogP contribution in [-0.4, -0.2) is 64.1 Å². The van der Waals surface area contributed by atoms with E-state index in [4.69, 9.17) is 4.74 Å². The maximum atomic E-state index is 13.4. The number of ether oxygens (including phenoxy) is 1. The van der Waals surface area contributed by atoms with Crippen molar-refractivity contribution in [3.63, 3.8) is 0 Å². The van der Waals surface area contributed by atoms with Crippen LogP contribution in [0.4, 0.5) is 10.5 Å². The van der Waals surface area contributed by atoms with Gasteiger partial charge < -0.3 is 20.1 Å². The SMILES string of the molecule is C=C([O-])c1cnc2ccc(Br)cc2c1NC1CCC(N(C)C(=O)[C@@H]2CCCN2C(=O)OC(C)(C)C)CC1. The molecule has 8 nitrogen and oxygen atoms in total. The molecule has 1 saturated carbocycles. The van der Waals surface area contributed by atoms with Crippen molar-refractivity contribution in [1.82, 2.24) is 14.8 Å².